The molecular formula is C19H24N2O3. The summed E-state index contributed by atoms with van der Waals surface area (Å²) in [6.45, 7) is 7.66. The molecule has 0 aliphatic carbocycles. The predicted octanol–water partition coefficient (Wildman–Crippen LogP) is 3.44. The largest absolute Gasteiger partial charge is 0.493 e. The van der Waals surface area contributed by atoms with E-state index in [9.17, 15) is 4.79 Å². The van der Waals surface area contributed by atoms with Crippen LogP contribution in [0.4, 0.5) is 0 Å². The van der Waals surface area contributed by atoms with Crippen molar-refractivity contribution in [3.63, 3.8) is 0 Å². The van der Waals surface area contributed by atoms with E-state index >= 15 is 0 Å². The normalized spacial score (nSPS) is 11.2. The molecule has 0 atom stereocenters. The van der Waals surface area contributed by atoms with E-state index in [0.717, 1.165) is 11.3 Å². The lowest BCUT2D eigenvalue weighted by Crippen LogP contribution is -2.20. The van der Waals surface area contributed by atoms with Crippen LogP contribution in [0.5, 0.6) is 5.75 Å². The second kappa shape index (κ2) is 7.43. The van der Waals surface area contributed by atoms with E-state index in [4.69, 9.17) is 14.5 Å². The molecule has 5 heteroatoms. The van der Waals surface area contributed by atoms with Crippen LogP contribution in [0.3, 0.4) is 0 Å². The summed E-state index contributed by atoms with van der Waals surface area (Å²) in [5.74, 6) is 0.923. The van der Waals surface area contributed by atoms with Gasteiger partial charge in [-0.05, 0) is 5.56 Å². The van der Waals surface area contributed by atoms with Gasteiger partial charge in [0.15, 0.2) is 5.75 Å². The minimum Gasteiger partial charge on any atom is -0.493 e. The lowest BCUT2D eigenvalue weighted by atomic mass is 9.90. The Labute approximate surface area is 143 Å². The maximum absolute atomic E-state index is 11.2. The summed E-state index contributed by atoms with van der Waals surface area (Å²) in [6, 6.07) is 10.0. The molecule has 0 saturated heterocycles. The van der Waals surface area contributed by atoms with Crippen molar-refractivity contribution in [1.82, 2.24) is 9.97 Å². The van der Waals surface area contributed by atoms with Crippen LogP contribution in [0.1, 0.15) is 50.5 Å². The van der Waals surface area contributed by atoms with Gasteiger partial charge in [-0.2, -0.15) is 0 Å². The van der Waals surface area contributed by atoms with Crippen LogP contribution in [0.25, 0.3) is 0 Å². The molecule has 1 aromatic heterocycles. The van der Waals surface area contributed by atoms with Gasteiger partial charge in [-0.15, -0.1) is 0 Å². The zero-order valence-corrected chi connectivity index (χ0v) is 14.9. The first-order valence-electron chi connectivity index (χ1n) is 7.93. The molecule has 0 aliphatic rings. The summed E-state index contributed by atoms with van der Waals surface area (Å²) in [7, 11) is 1.59. The Bertz CT molecular complexity index is 707. The number of methoxy groups -OCH3 is 1. The van der Waals surface area contributed by atoms with Gasteiger partial charge in [0.25, 0.3) is 0 Å². The summed E-state index contributed by atoms with van der Waals surface area (Å²) in [4.78, 5) is 20.5. The molecule has 0 bridgehead atoms. The topological polar surface area (TPSA) is 61.3 Å². The Morgan fingerprint density at radius 2 is 1.79 bits per heavy atom. The molecular weight excluding hydrogens is 304 g/mol. The highest BCUT2D eigenvalue weighted by Gasteiger charge is 2.25. The minimum atomic E-state index is -0.349. The lowest BCUT2D eigenvalue weighted by Gasteiger charge is -2.23. The third-order valence-corrected chi connectivity index (χ3v) is 3.51. The van der Waals surface area contributed by atoms with Gasteiger partial charge in [-0.3, -0.25) is 4.79 Å². The standard InChI is InChI=1S/C19H24N2O3/c1-13(22)24-12-15-17(23-5)18(19(2,3)4)21-16(20-15)11-14-9-7-6-8-10-14/h6-10H,11-12H2,1-5H3. The van der Waals surface area contributed by atoms with Gasteiger partial charge in [0.05, 0.1) is 12.8 Å². The highest BCUT2D eigenvalue weighted by Crippen LogP contribution is 2.32. The lowest BCUT2D eigenvalue weighted by molar-refractivity contribution is -0.142. The Kier molecular flexibility index (Phi) is 5.54. The van der Waals surface area contributed by atoms with E-state index in [1.807, 2.05) is 30.3 Å². The van der Waals surface area contributed by atoms with E-state index in [-0.39, 0.29) is 18.0 Å². The van der Waals surface area contributed by atoms with Crippen LogP contribution in [-0.2, 0) is 28.0 Å². The van der Waals surface area contributed by atoms with E-state index < -0.39 is 0 Å². The highest BCUT2D eigenvalue weighted by atomic mass is 16.5. The molecule has 1 heterocycles. The molecule has 1 aromatic carbocycles. The molecule has 2 aromatic rings. The molecule has 0 unspecified atom stereocenters. The molecule has 0 amide bonds. The third-order valence-electron chi connectivity index (χ3n) is 3.51. The molecule has 5 nitrogen and oxygen atoms in total. The Hall–Kier alpha value is -2.43. The Balaban J connectivity index is 2.47. The van der Waals surface area contributed by atoms with Crippen LogP contribution in [0.2, 0.25) is 0 Å². The zero-order chi connectivity index (χ0) is 17.7. The smallest absolute Gasteiger partial charge is 0.303 e. The average Bonchev–Trinajstić information content (AvgIpc) is 2.52. The summed E-state index contributed by atoms with van der Waals surface area (Å²) in [6.07, 6.45) is 0.612. The number of esters is 1. The van der Waals surface area contributed by atoms with E-state index in [1.54, 1.807) is 7.11 Å². The Morgan fingerprint density at radius 1 is 1.12 bits per heavy atom. The number of hydrogen-bond donors (Lipinski definition) is 0. The third kappa shape index (κ3) is 4.54. The number of carbonyl (C=O) groups is 1. The van der Waals surface area contributed by atoms with Gasteiger partial charge in [0, 0.05) is 18.8 Å². The van der Waals surface area contributed by atoms with Gasteiger partial charge >= 0.3 is 5.97 Å². The van der Waals surface area contributed by atoms with Gasteiger partial charge in [-0.25, -0.2) is 9.97 Å². The molecule has 0 radical (unpaired) electrons. The number of hydrogen-bond acceptors (Lipinski definition) is 5. The van der Waals surface area contributed by atoms with Crippen LogP contribution >= 0.6 is 0 Å². The second-order valence-corrected chi connectivity index (χ2v) is 6.66. The van der Waals surface area contributed by atoms with Crippen molar-refractivity contribution in [2.45, 2.75) is 46.1 Å². The number of benzene rings is 1. The van der Waals surface area contributed by atoms with Crippen LogP contribution in [-0.4, -0.2) is 23.0 Å². The highest BCUT2D eigenvalue weighted by molar-refractivity contribution is 5.66. The minimum absolute atomic E-state index is 0.0753. The molecule has 128 valence electrons. The number of ether oxygens (including phenoxy) is 2. The number of aromatic nitrogens is 2. The quantitative estimate of drug-likeness (QED) is 0.787. The fraction of sp³-hybridized carbons (Fsp3) is 0.421. The van der Waals surface area contributed by atoms with E-state index in [2.05, 4.69) is 25.8 Å². The monoisotopic (exact) mass is 328 g/mol. The van der Waals surface area contributed by atoms with Crippen molar-refractivity contribution < 1.29 is 14.3 Å². The molecule has 0 aliphatic heterocycles. The summed E-state index contributed by atoms with van der Waals surface area (Å²) in [5.41, 5.74) is 2.32. The maximum atomic E-state index is 11.2. The molecule has 0 saturated carbocycles. The SMILES string of the molecule is COc1c(COC(C)=O)nc(Cc2ccccc2)nc1C(C)(C)C. The van der Waals surface area contributed by atoms with Crippen molar-refractivity contribution >= 4 is 5.97 Å². The van der Waals surface area contributed by atoms with E-state index in [0.29, 0.717) is 23.7 Å². The van der Waals surface area contributed by atoms with Crippen molar-refractivity contribution in [3.8, 4) is 5.75 Å². The van der Waals surface area contributed by atoms with Crippen molar-refractivity contribution in [2.24, 2.45) is 0 Å². The molecule has 24 heavy (non-hydrogen) atoms. The first-order chi connectivity index (χ1) is 11.3. The average molecular weight is 328 g/mol. The first-order valence-corrected chi connectivity index (χ1v) is 7.93. The molecule has 0 spiro atoms. The fourth-order valence-corrected chi connectivity index (χ4v) is 2.40. The van der Waals surface area contributed by atoms with Gasteiger partial charge in [0.2, 0.25) is 0 Å². The maximum Gasteiger partial charge on any atom is 0.303 e. The van der Waals surface area contributed by atoms with E-state index in [1.165, 1.54) is 6.92 Å². The molecule has 0 N–H and O–H groups in total. The van der Waals surface area contributed by atoms with Crippen molar-refractivity contribution in [3.05, 3.63) is 53.1 Å². The first kappa shape index (κ1) is 17.9. The summed E-state index contributed by atoms with van der Waals surface area (Å²) in [5, 5.41) is 0. The number of carbonyl (C=O) groups excluding carboxylic acids is 1. The predicted molar refractivity (Wildman–Crippen MR) is 92.0 cm³/mol. The van der Waals surface area contributed by atoms with Crippen molar-refractivity contribution in [2.75, 3.05) is 7.11 Å². The van der Waals surface area contributed by atoms with Gasteiger partial charge < -0.3 is 9.47 Å². The number of rotatable bonds is 5. The van der Waals surface area contributed by atoms with Crippen LogP contribution in [0, 0.1) is 0 Å². The Morgan fingerprint density at radius 3 is 2.33 bits per heavy atom. The van der Waals surface area contributed by atoms with Gasteiger partial charge in [-0.1, -0.05) is 51.1 Å². The fourth-order valence-electron chi connectivity index (χ4n) is 2.40. The second-order valence-electron chi connectivity index (χ2n) is 6.66. The summed E-state index contributed by atoms with van der Waals surface area (Å²) < 4.78 is 10.7. The molecule has 2 rings (SSSR count). The van der Waals surface area contributed by atoms with Crippen molar-refractivity contribution in [1.29, 1.82) is 0 Å². The van der Waals surface area contributed by atoms with Crippen LogP contribution in [0.15, 0.2) is 30.3 Å². The molecule has 0 fully saturated rings. The number of nitrogens with zero attached hydrogens (tertiary/aromatic N) is 2. The summed E-state index contributed by atoms with van der Waals surface area (Å²) >= 11 is 0. The van der Waals surface area contributed by atoms with Crippen LogP contribution < -0.4 is 4.74 Å². The zero-order valence-electron chi connectivity index (χ0n) is 14.9. The van der Waals surface area contributed by atoms with Gasteiger partial charge in [0.1, 0.15) is 18.1 Å².